The van der Waals surface area contributed by atoms with E-state index >= 15 is 0 Å². The number of carboxylic acid groups (broad SMARTS) is 1. The van der Waals surface area contributed by atoms with Gasteiger partial charge in [0.2, 0.25) is 0 Å². The van der Waals surface area contributed by atoms with Crippen molar-refractivity contribution in [1.29, 1.82) is 0 Å². The molecule has 0 atom stereocenters. The Morgan fingerprint density at radius 3 is 1.94 bits per heavy atom. The third kappa shape index (κ3) is 5.79. The van der Waals surface area contributed by atoms with Crippen LogP contribution in [0.1, 0.15) is 28.8 Å². The Morgan fingerprint density at radius 1 is 0.871 bits per heavy atom. The van der Waals surface area contributed by atoms with Crippen LogP contribution in [0.2, 0.25) is 0 Å². The number of aromatic nitrogens is 1. The van der Waals surface area contributed by atoms with Crippen LogP contribution in [0.15, 0.2) is 72.8 Å². The molecular formula is C25H24N2O4. The van der Waals surface area contributed by atoms with E-state index in [0.717, 1.165) is 21.8 Å². The first kappa shape index (κ1) is 21.8. The van der Waals surface area contributed by atoms with Crippen LogP contribution in [0, 0.1) is 6.92 Å². The number of nitrogens with zero attached hydrogens (tertiary/aromatic N) is 1. The van der Waals surface area contributed by atoms with E-state index in [2.05, 4.69) is 10.3 Å². The molecule has 6 heteroatoms. The Labute approximate surface area is 180 Å². The predicted octanol–water partition coefficient (Wildman–Crippen LogP) is 4.68. The molecule has 0 unspecified atom stereocenters. The summed E-state index contributed by atoms with van der Waals surface area (Å²) in [4.78, 5) is 27.8. The Morgan fingerprint density at radius 2 is 1.42 bits per heavy atom. The smallest absolute Gasteiger partial charge is 0.303 e. The largest absolute Gasteiger partial charge is 0.508 e. The highest BCUT2D eigenvalue weighted by Gasteiger charge is 2.15. The molecule has 3 N–H and O–H groups in total. The highest BCUT2D eigenvalue weighted by atomic mass is 16.4. The molecule has 4 aromatic rings. The fourth-order valence-electron chi connectivity index (χ4n) is 3.16. The molecule has 0 aliphatic rings. The minimum Gasteiger partial charge on any atom is -0.508 e. The Balaban J connectivity index is 0.000000287. The van der Waals surface area contributed by atoms with Crippen LogP contribution >= 0.6 is 0 Å². The number of aromatic hydroxyl groups is 1. The molecule has 0 radical (unpaired) electrons. The summed E-state index contributed by atoms with van der Waals surface area (Å²) in [6.07, 6.45) is 0.445. The van der Waals surface area contributed by atoms with Crippen molar-refractivity contribution in [2.45, 2.75) is 19.8 Å². The number of benzene rings is 3. The summed E-state index contributed by atoms with van der Waals surface area (Å²) in [5.74, 6) is -0.736. The first-order valence-corrected chi connectivity index (χ1v) is 9.99. The number of phenolic OH excluding ortho intramolecular Hbond substituents is 1. The Kier molecular flexibility index (Phi) is 7.17. The number of para-hydroxylation sites is 2. The Bertz CT molecular complexity index is 1130. The molecule has 0 saturated heterocycles. The summed E-state index contributed by atoms with van der Waals surface area (Å²) in [6, 6.07) is 22.1. The van der Waals surface area contributed by atoms with Crippen molar-refractivity contribution in [2.24, 2.45) is 0 Å². The molecule has 1 heterocycles. The number of nitrogens with one attached hydrogen (secondary N) is 1. The van der Waals surface area contributed by atoms with Crippen molar-refractivity contribution >= 4 is 33.7 Å². The molecule has 1 amide bonds. The lowest BCUT2D eigenvalue weighted by atomic mass is 10.0. The van der Waals surface area contributed by atoms with E-state index in [1.807, 2.05) is 67.6 Å². The maximum atomic E-state index is 12.6. The van der Waals surface area contributed by atoms with Crippen molar-refractivity contribution in [1.82, 2.24) is 10.3 Å². The third-order valence-corrected chi connectivity index (χ3v) is 4.70. The Hall–Kier alpha value is -3.93. The molecule has 4 rings (SSSR count). The van der Waals surface area contributed by atoms with Gasteiger partial charge in [0.15, 0.2) is 0 Å². The van der Waals surface area contributed by atoms with E-state index in [4.69, 9.17) is 10.2 Å². The topological polar surface area (TPSA) is 99.5 Å². The second-order valence-corrected chi connectivity index (χ2v) is 7.11. The van der Waals surface area contributed by atoms with Gasteiger partial charge in [-0.3, -0.25) is 9.59 Å². The van der Waals surface area contributed by atoms with E-state index in [1.165, 1.54) is 5.56 Å². The third-order valence-electron chi connectivity index (χ3n) is 4.70. The van der Waals surface area contributed by atoms with Crippen LogP contribution in [0.3, 0.4) is 0 Å². The minimum absolute atomic E-state index is 0.0398. The van der Waals surface area contributed by atoms with Crippen LogP contribution < -0.4 is 5.32 Å². The molecule has 158 valence electrons. The molecule has 6 nitrogen and oxygen atoms in total. The lowest BCUT2D eigenvalue weighted by Crippen LogP contribution is -2.25. The molecule has 0 saturated carbocycles. The van der Waals surface area contributed by atoms with E-state index in [-0.39, 0.29) is 12.3 Å². The highest BCUT2D eigenvalue weighted by Crippen LogP contribution is 2.25. The highest BCUT2D eigenvalue weighted by molar-refractivity contribution is 6.16. The number of hydrogen-bond acceptors (Lipinski definition) is 4. The fourth-order valence-corrected chi connectivity index (χ4v) is 3.16. The van der Waals surface area contributed by atoms with Gasteiger partial charge >= 0.3 is 5.97 Å². The quantitative estimate of drug-likeness (QED) is 0.324. The van der Waals surface area contributed by atoms with Crippen molar-refractivity contribution in [2.75, 3.05) is 6.54 Å². The average molecular weight is 416 g/mol. The summed E-state index contributed by atoms with van der Waals surface area (Å²) in [5, 5.41) is 21.8. The van der Waals surface area contributed by atoms with Gasteiger partial charge in [-0.1, -0.05) is 54.1 Å². The number of phenols is 1. The summed E-state index contributed by atoms with van der Waals surface area (Å²) < 4.78 is 0. The van der Waals surface area contributed by atoms with Gasteiger partial charge in [-0.05, 0) is 37.6 Å². The monoisotopic (exact) mass is 416 g/mol. The SMILES string of the molecule is Cc1ccc(O)cc1.O=C(O)CCCNC(=O)c1c2ccccc2nc2ccccc12. The van der Waals surface area contributed by atoms with Crippen LogP contribution in [-0.2, 0) is 4.79 Å². The summed E-state index contributed by atoms with van der Waals surface area (Å²) >= 11 is 0. The molecule has 0 spiro atoms. The molecule has 0 bridgehead atoms. The first-order chi connectivity index (χ1) is 15.0. The predicted molar refractivity (Wildman–Crippen MR) is 121 cm³/mol. The van der Waals surface area contributed by atoms with Gasteiger partial charge in [0.25, 0.3) is 5.91 Å². The number of carboxylic acids is 1. The second kappa shape index (κ2) is 10.2. The zero-order valence-electron chi connectivity index (χ0n) is 17.2. The van der Waals surface area contributed by atoms with Gasteiger partial charge in [0.05, 0.1) is 16.6 Å². The van der Waals surface area contributed by atoms with Gasteiger partial charge in [-0.15, -0.1) is 0 Å². The van der Waals surface area contributed by atoms with Crippen LogP contribution in [0.4, 0.5) is 0 Å². The zero-order valence-corrected chi connectivity index (χ0v) is 17.2. The second-order valence-electron chi connectivity index (χ2n) is 7.11. The van der Waals surface area contributed by atoms with E-state index in [9.17, 15) is 9.59 Å². The van der Waals surface area contributed by atoms with E-state index < -0.39 is 5.97 Å². The lowest BCUT2D eigenvalue weighted by molar-refractivity contribution is -0.137. The van der Waals surface area contributed by atoms with Crippen molar-refractivity contribution in [3.63, 3.8) is 0 Å². The molecule has 31 heavy (non-hydrogen) atoms. The van der Waals surface area contributed by atoms with Crippen molar-refractivity contribution in [3.05, 3.63) is 83.9 Å². The number of hydrogen-bond donors (Lipinski definition) is 3. The summed E-state index contributed by atoms with van der Waals surface area (Å²) in [5.41, 5.74) is 3.29. The molecule has 0 aliphatic heterocycles. The van der Waals surface area contributed by atoms with Crippen molar-refractivity contribution in [3.8, 4) is 5.75 Å². The van der Waals surface area contributed by atoms with Crippen LogP contribution in [0.5, 0.6) is 5.75 Å². The number of carbonyl (C=O) groups is 2. The number of fused-ring (bicyclic) bond motifs is 2. The number of aryl methyl sites for hydroxylation is 1. The number of amides is 1. The minimum atomic E-state index is -0.862. The van der Waals surface area contributed by atoms with Gasteiger partial charge in [0.1, 0.15) is 5.75 Å². The van der Waals surface area contributed by atoms with E-state index in [0.29, 0.717) is 24.3 Å². The first-order valence-electron chi connectivity index (χ1n) is 9.99. The van der Waals surface area contributed by atoms with Gasteiger partial charge in [-0.25, -0.2) is 4.98 Å². The molecule has 3 aromatic carbocycles. The van der Waals surface area contributed by atoms with E-state index in [1.54, 1.807) is 12.1 Å². The zero-order chi connectivity index (χ0) is 22.2. The van der Waals surface area contributed by atoms with Crippen molar-refractivity contribution < 1.29 is 19.8 Å². The standard InChI is InChI=1S/C18H16N2O3.C7H8O/c21-16(22)10-5-11-19-18(23)17-12-6-1-3-8-14(12)20-15-9-4-2-7-13(15)17;1-6-2-4-7(8)5-3-6/h1-4,6-9H,5,10-11H2,(H,19,23)(H,21,22);2-5,8H,1H3. The van der Waals surface area contributed by atoms with Crippen LogP contribution in [-0.4, -0.2) is 33.6 Å². The normalized spacial score (nSPS) is 10.4. The fraction of sp³-hybridized carbons (Fsp3) is 0.160. The summed E-state index contributed by atoms with van der Waals surface area (Å²) in [6.45, 7) is 2.32. The maximum absolute atomic E-state index is 12.6. The number of carbonyl (C=O) groups excluding carboxylic acids is 1. The lowest BCUT2D eigenvalue weighted by Gasteiger charge is -2.11. The van der Waals surface area contributed by atoms with Gasteiger partial charge in [-0.2, -0.15) is 0 Å². The molecule has 0 aliphatic carbocycles. The maximum Gasteiger partial charge on any atom is 0.303 e. The number of aliphatic carboxylic acids is 1. The van der Waals surface area contributed by atoms with Crippen LogP contribution in [0.25, 0.3) is 21.8 Å². The van der Waals surface area contributed by atoms with Gasteiger partial charge in [0, 0.05) is 23.7 Å². The average Bonchev–Trinajstić information content (AvgIpc) is 2.77. The number of pyridine rings is 1. The van der Waals surface area contributed by atoms with Gasteiger partial charge < -0.3 is 15.5 Å². The molecule has 1 aromatic heterocycles. The molecular weight excluding hydrogens is 392 g/mol. The summed E-state index contributed by atoms with van der Waals surface area (Å²) in [7, 11) is 0. The number of rotatable bonds is 5. The molecule has 0 fully saturated rings.